The van der Waals surface area contributed by atoms with Gasteiger partial charge in [0.2, 0.25) is 5.91 Å². The molecule has 2 amide bonds. The number of anilines is 1. The molecule has 3 aromatic rings. The fourth-order valence-electron chi connectivity index (χ4n) is 2.81. The molecule has 0 radical (unpaired) electrons. The summed E-state index contributed by atoms with van der Waals surface area (Å²) < 4.78 is 1.79. The zero-order chi connectivity index (χ0) is 19.4. The smallest absolute Gasteiger partial charge is 0.251 e. The highest BCUT2D eigenvalue weighted by Gasteiger charge is 2.20. The molecule has 0 aliphatic carbocycles. The minimum atomic E-state index is -0.684. The second kappa shape index (κ2) is 7.86. The van der Waals surface area contributed by atoms with Gasteiger partial charge in [-0.1, -0.05) is 36.4 Å². The van der Waals surface area contributed by atoms with E-state index in [1.807, 2.05) is 50.2 Å². The van der Waals surface area contributed by atoms with Crippen LogP contribution < -0.4 is 10.6 Å². The third kappa shape index (κ3) is 4.06. The van der Waals surface area contributed by atoms with Crippen molar-refractivity contribution in [2.75, 3.05) is 5.32 Å². The fourth-order valence-corrected chi connectivity index (χ4v) is 2.81. The van der Waals surface area contributed by atoms with Crippen molar-refractivity contribution in [1.82, 2.24) is 15.1 Å². The van der Waals surface area contributed by atoms with E-state index in [0.29, 0.717) is 16.9 Å². The van der Waals surface area contributed by atoms with Gasteiger partial charge >= 0.3 is 0 Å². The first-order chi connectivity index (χ1) is 13.0. The summed E-state index contributed by atoms with van der Waals surface area (Å²) in [5, 5.41) is 10.1. The lowest BCUT2D eigenvalue weighted by Crippen LogP contribution is -2.41. The number of nitrogens with one attached hydrogen (secondary N) is 2. The molecular weight excluding hydrogens is 340 g/mol. The van der Waals surface area contributed by atoms with Crippen molar-refractivity contribution in [1.29, 1.82) is 0 Å². The molecule has 0 fully saturated rings. The predicted octanol–water partition coefficient (Wildman–Crippen LogP) is 3.25. The molecule has 0 aliphatic heterocycles. The van der Waals surface area contributed by atoms with Crippen molar-refractivity contribution in [3.8, 4) is 5.69 Å². The van der Waals surface area contributed by atoms with Crippen LogP contribution in [-0.2, 0) is 4.79 Å². The topological polar surface area (TPSA) is 76.0 Å². The summed E-state index contributed by atoms with van der Waals surface area (Å²) in [5.74, 6) is -0.579. The Kier molecular flexibility index (Phi) is 5.35. The van der Waals surface area contributed by atoms with E-state index >= 15 is 0 Å². The summed E-state index contributed by atoms with van der Waals surface area (Å²) in [4.78, 5) is 24.8. The number of amides is 2. The number of nitrogens with zero attached hydrogens (tertiary/aromatic N) is 2. The van der Waals surface area contributed by atoms with Crippen LogP contribution in [0.5, 0.6) is 0 Å². The molecule has 0 saturated heterocycles. The second-order valence-corrected chi connectivity index (χ2v) is 6.34. The van der Waals surface area contributed by atoms with E-state index in [1.165, 1.54) is 0 Å². The fraction of sp³-hybridized carbons (Fsp3) is 0.190. The van der Waals surface area contributed by atoms with Crippen LogP contribution in [0.2, 0.25) is 0 Å². The van der Waals surface area contributed by atoms with E-state index < -0.39 is 6.04 Å². The summed E-state index contributed by atoms with van der Waals surface area (Å²) >= 11 is 0. The highest BCUT2D eigenvalue weighted by molar-refractivity contribution is 6.01. The van der Waals surface area contributed by atoms with Crippen molar-refractivity contribution in [2.45, 2.75) is 26.8 Å². The Bertz CT molecular complexity index is 949. The Labute approximate surface area is 158 Å². The van der Waals surface area contributed by atoms with Gasteiger partial charge in [0.15, 0.2) is 0 Å². The summed E-state index contributed by atoms with van der Waals surface area (Å²) in [7, 11) is 0. The predicted molar refractivity (Wildman–Crippen MR) is 105 cm³/mol. The average molecular weight is 362 g/mol. The molecule has 6 nitrogen and oxygen atoms in total. The minimum Gasteiger partial charge on any atom is -0.341 e. The Morgan fingerprint density at radius 3 is 2.19 bits per heavy atom. The SMILES string of the molecule is Cc1nn(-c2ccccc2)c(C)c1NC(=O)C(C)NC(=O)c1ccccc1. The highest BCUT2D eigenvalue weighted by Crippen LogP contribution is 2.22. The molecule has 2 aromatic carbocycles. The third-order valence-electron chi connectivity index (χ3n) is 4.32. The molecule has 27 heavy (non-hydrogen) atoms. The average Bonchev–Trinajstić information content (AvgIpc) is 2.97. The third-order valence-corrected chi connectivity index (χ3v) is 4.32. The van der Waals surface area contributed by atoms with Crippen LogP contribution in [-0.4, -0.2) is 27.6 Å². The molecule has 6 heteroatoms. The van der Waals surface area contributed by atoms with Crippen LogP contribution in [0.3, 0.4) is 0 Å². The number of para-hydroxylation sites is 1. The molecule has 2 N–H and O–H groups in total. The molecule has 0 aliphatic rings. The number of aryl methyl sites for hydroxylation is 1. The molecule has 1 unspecified atom stereocenters. The molecule has 0 spiro atoms. The number of rotatable bonds is 5. The number of hydrogen-bond donors (Lipinski definition) is 2. The molecule has 3 rings (SSSR count). The van der Waals surface area contributed by atoms with E-state index in [1.54, 1.807) is 35.9 Å². The number of hydrogen-bond acceptors (Lipinski definition) is 3. The van der Waals surface area contributed by atoms with E-state index in [0.717, 1.165) is 11.4 Å². The number of carbonyl (C=O) groups excluding carboxylic acids is 2. The lowest BCUT2D eigenvalue weighted by Gasteiger charge is -2.14. The van der Waals surface area contributed by atoms with Gasteiger partial charge in [-0.2, -0.15) is 5.10 Å². The maximum atomic E-state index is 12.6. The number of benzene rings is 2. The van der Waals surface area contributed by atoms with Gasteiger partial charge in [0, 0.05) is 5.56 Å². The van der Waals surface area contributed by atoms with Gasteiger partial charge in [-0.15, -0.1) is 0 Å². The summed E-state index contributed by atoms with van der Waals surface area (Å²) in [6.07, 6.45) is 0. The molecule has 138 valence electrons. The molecule has 0 saturated carbocycles. The Morgan fingerprint density at radius 2 is 1.56 bits per heavy atom. The summed E-state index contributed by atoms with van der Waals surface area (Å²) in [6.45, 7) is 5.40. The van der Waals surface area contributed by atoms with Crippen LogP contribution in [0, 0.1) is 13.8 Å². The zero-order valence-electron chi connectivity index (χ0n) is 15.6. The van der Waals surface area contributed by atoms with Gasteiger partial charge < -0.3 is 10.6 Å². The first-order valence-electron chi connectivity index (χ1n) is 8.76. The zero-order valence-corrected chi connectivity index (χ0v) is 15.6. The van der Waals surface area contributed by atoms with E-state index in [9.17, 15) is 9.59 Å². The molecule has 1 heterocycles. The normalized spacial score (nSPS) is 11.7. The van der Waals surface area contributed by atoms with Crippen LogP contribution >= 0.6 is 0 Å². The summed E-state index contributed by atoms with van der Waals surface area (Å²) in [5.41, 5.74) is 3.63. The summed E-state index contributed by atoms with van der Waals surface area (Å²) in [6, 6.07) is 17.8. The van der Waals surface area contributed by atoms with E-state index in [4.69, 9.17) is 0 Å². The molecular formula is C21H22N4O2. The van der Waals surface area contributed by atoms with Crippen LogP contribution in [0.1, 0.15) is 28.7 Å². The van der Waals surface area contributed by atoms with Crippen LogP contribution in [0.15, 0.2) is 60.7 Å². The van der Waals surface area contributed by atoms with Crippen molar-refractivity contribution < 1.29 is 9.59 Å². The lowest BCUT2D eigenvalue weighted by molar-refractivity contribution is -0.117. The number of carbonyl (C=O) groups is 2. The Hall–Kier alpha value is -3.41. The molecule has 1 atom stereocenters. The van der Waals surface area contributed by atoms with Gasteiger partial charge in [0.1, 0.15) is 6.04 Å². The first-order valence-corrected chi connectivity index (χ1v) is 8.76. The second-order valence-electron chi connectivity index (χ2n) is 6.34. The monoisotopic (exact) mass is 362 g/mol. The maximum absolute atomic E-state index is 12.6. The maximum Gasteiger partial charge on any atom is 0.251 e. The highest BCUT2D eigenvalue weighted by atomic mass is 16.2. The lowest BCUT2D eigenvalue weighted by atomic mass is 10.2. The quantitative estimate of drug-likeness (QED) is 0.731. The van der Waals surface area contributed by atoms with Crippen molar-refractivity contribution >= 4 is 17.5 Å². The van der Waals surface area contributed by atoms with Crippen molar-refractivity contribution in [2.24, 2.45) is 0 Å². The molecule has 1 aromatic heterocycles. The van der Waals surface area contributed by atoms with Crippen LogP contribution in [0.4, 0.5) is 5.69 Å². The van der Waals surface area contributed by atoms with Gasteiger partial charge in [-0.05, 0) is 45.0 Å². The van der Waals surface area contributed by atoms with Gasteiger partial charge in [0.05, 0.1) is 22.8 Å². The van der Waals surface area contributed by atoms with E-state index in [2.05, 4.69) is 15.7 Å². The number of aromatic nitrogens is 2. The van der Waals surface area contributed by atoms with Crippen molar-refractivity contribution in [3.63, 3.8) is 0 Å². The Balaban J connectivity index is 1.72. The van der Waals surface area contributed by atoms with Gasteiger partial charge in [-0.3, -0.25) is 9.59 Å². The molecule has 0 bridgehead atoms. The van der Waals surface area contributed by atoms with E-state index in [-0.39, 0.29) is 11.8 Å². The largest absolute Gasteiger partial charge is 0.341 e. The minimum absolute atomic E-state index is 0.285. The first kappa shape index (κ1) is 18.4. The van der Waals surface area contributed by atoms with Crippen molar-refractivity contribution in [3.05, 3.63) is 77.6 Å². The van der Waals surface area contributed by atoms with Gasteiger partial charge in [-0.25, -0.2) is 4.68 Å². The van der Waals surface area contributed by atoms with Crippen LogP contribution in [0.25, 0.3) is 5.69 Å². The van der Waals surface area contributed by atoms with Gasteiger partial charge in [0.25, 0.3) is 5.91 Å². The standard InChI is InChI=1S/C21H22N4O2/c1-14-19(16(3)25(24-14)18-12-8-5-9-13-18)23-20(26)15(2)22-21(27)17-10-6-4-7-11-17/h4-13,15H,1-3H3,(H,22,27)(H,23,26). The Morgan fingerprint density at radius 1 is 0.963 bits per heavy atom.